The van der Waals surface area contributed by atoms with E-state index in [0.717, 1.165) is 0 Å². The van der Waals surface area contributed by atoms with Crippen molar-refractivity contribution in [1.29, 1.82) is 0 Å². The van der Waals surface area contributed by atoms with Crippen LogP contribution in [0.2, 0.25) is 0 Å². The van der Waals surface area contributed by atoms with Crippen LogP contribution in [0.25, 0.3) is 0 Å². The van der Waals surface area contributed by atoms with E-state index in [1.54, 1.807) is 18.2 Å². The number of carboxylic acids is 3. The Morgan fingerprint density at radius 3 is 0.900 bits per heavy atom. The Bertz CT molecular complexity index is 751. The van der Waals surface area contributed by atoms with Gasteiger partial charge < -0.3 is 26.3 Å². The van der Waals surface area contributed by atoms with Gasteiger partial charge in [-0.15, -0.1) is 0 Å². The summed E-state index contributed by atoms with van der Waals surface area (Å²) in [5.74, 6) is -2.82. The average molecular weight is 574 g/mol. The smallest absolute Gasteiger partial charge is 0.337 e. The second-order valence-corrected chi connectivity index (χ2v) is 4.64. The van der Waals surface area contributed by atoms with E-state index in [4.69, 9.17) is 15.3 Å². The number of aromatic carboxylic acids is 3. The Morgan fingerprint density at radius 1 is 0.567 bits per heavy atom. The summed E-state index contributed by atoms with van der Waals surface area (Å²) in [6.07, 6.45) is 8.53. The maximum Gasteiger partial charge on any atom is 0.337 e. The predicted octanol–water partition coefficient (Wildman–Crippen LogP) is 0.690. The fraction of sp³-hybridized carbons (Fsp3) is 0. The van der Waals surface area contributed by atoms with Gasteiger partial charge in [0.05, 0.1) is 16.7 Å². The van der Waals surface area contributed by atoms with Crippen LogP contribution in [0.1, 0.15) is 31.1 Å². The third-order valence-corrected chi connectivity index (χ3v) is 2.73. The molecule has 30 heavy (non-hydrogen) atoms. The third-order valence-electron chi connectivity index (χ3n) is 2.73. The first-order valence-corrected chi connectivity index (χ1v) is 7.31. The summed E-state index contributed by atoms with van der Waals surface area (Å²) in [5, 5.41) is 25.0. The fourth-order valence-corrected chi connectivity index (χ4v) is 1.47. The van der Waals surface area contributed by atoms with Crippen LogP contribution in [0.4, 0.5) is 0 Å². The molecule has 167 valence electrons. The van der Waals surface area contributed by atoms with Gasteiger partial charge in [0, 0.05) is 74.1 Å². The molecule has 3 rings (SSSR count). The first-order valence-electron chi connectivity index (χ1n) is 7.31. The quantitative estimate of drug-likeness (QED) is 0.401. The molecular weight excluding hydrogens is 555 g/mol. The average Bonchev–Trinajstić information content (AvgIpc) is 2.71. The van der Waals surface area contributed by atoms with Crippen LogP contribution in [0.5, 0.6) is 0 Å². The molecule has 0 aliphatic heterocycles. The third kappa shape index (κ3) is 13.2. The van der Waals surface area contributed by atoms with E-state index < -0.39 is 17.9 Å². The summed E-state index contributed by atoms with van der Waals surface area (Å²) in [4.78, 5) is 41.4. The molecule has 0 saturated heterocycles. The van der Waals surface area contributed by atoms with E-state index in [2.05, 4.69) is 15.0 Å². The van der Waals surface area contributed by atoms with E-state index in [1.807, 2.05) is 0 Å². The topological polar surface area (TPSA) is 214 Å². The number of pyridine rings is 3. The molecule has 7 N–H and O–H groups in total. The molecule has 3 heterocycles. The number of nitrogens with zero attached hydrogens (tertiary/aromatic N) is 3. The molecule has 3 aromatic heterocycles. The molecular formula is C18H19N3O8Tm. The zero-order valence-electron chi connectivity index (χ0n) is 15.1. The minimum Gasteiger partial charge on any atom is -0.478 e. The second kappa shape index (κ2) is 18.1. The van der Waals surface area contributed by atoms with Crippen molar-refractivity contribution in [2.75, 3.05) is 0 Å². The standard InChI is InChI=1S/3C6H5NO2.2H2O.Tm/c3*8-6(9)5-2-1-3-7-4-5;;;/h3*1-4H,(H,8,9);2*1H2;. The summed E-state index contributed by atoms with van der Waals surface area (Å²) in [7, 11) is 0. The molecule has 0 atom stereocenters. The van der Waals surface area contributed by atoms with Crippen LogP contribution < -0.4 is 0 Å². The normalized spacial score (nSPS) is 8.00. The Balaban J connectivity index is -0.000000347. The molecule has 0 bridgehead atoms. The summed E-state index contributed by atoms with van der Waals surface area (Å²) < 4.78 is 0. The Labute approximate surface area is 199 Å². The number of rotatable bonds is 3. The molecule has 11 nitrogen and oxygen atoms in total. The van der Waals surface area contributed by atoms with Crippen molar-refractivity contribution in [2.45, 2.75) is 0 Å². The molecule has 1 radical (unpaired) electrons. The van der Waals surface area contributed by atoms with Gasteiger partial charge in [-0.1, -0.05) is 0 Å². The van der Waals surface area contributed by atoms with E-state index in [9.17, 15) is 14.4 Å². The molecule has 0 spiro atoms. The Kier molecular flexibility index (Phi) is 19.1. The first-order chi connectivity index (χ1) is 12.9. The van der Waals surface area contributed by atoms with Crippen molar-refractivity contribution in [2.24, 2.45) is 0 Å². The van der Waals surface area contributed by atoms with Gasteiger partial charge in [-0.3, -0.25) is 15.0 Å². The minimum atomic E-state index is -0.942. The predicted molar refractivity (Wildman–Crippen MR) is 101 cm³/mol. The van der Waals surface area contributed by atoms with E-state index in [1.165, 1.54) is 55.4 Å². The molecule has 0 aliphatic carbocycles. The van der Waals surface area contributed by atoms with Gasteiger partial charge in [0.15, 0.2) is 0 Å². The zero-order valence-corrected chi connectivity index (χ0v) is 16.9. The summed E-state index contributed by atoms with van der Waals surface area (Å²) >= 11 is 0. The zero-order chi connectivity index (χ0) is 20.1. The SMILES string of the molecule is O.O.O=C(O)c1cccnc1.O=C(O)c1cccnc1.O=C(O)c1cccnc1.[Tm]. The summed E-state index contributed by atoms with van der Waals surface area (Å²) in [6.45, 7) is 0. The van der Waals surface area contributed by atoms with E-state index in [0.29, 0.717) is 0 Å². The van der Waals surface area contributed by atoms with Crippen LogP contribution >= 0.6 is 0 Å². The number of carbonyl (C=O) groups is 3. The van der Waals surface area contributed by atoms with Crippen molar-refractivity contribution in [1.82, 2.24) is 15.0 Å². The second-order valence-electron chi connectivity index (χ2n) is 4.64. The molecule has 0 fully saturated rings. The number of hydrogen-bond acceptors (Lipinski definition) is 6. The van der Waals surface area contributed by atoms with Gasteiger partial charge in [-0.2, -0.15) is 0 Å². The number of carboxylic acid groups (broad SMARTS) is 3. The van der Waals surface area contributed by atoms with E-state index in [-0.39, 0.29) is 64.5 Å². The van der Waals surface area contributed by atoms with E-state index >= 15 is 0 Å². The molecule has 0 unspecified atom stereocenters. The largest absolute Gasteiger partial charge is 0.478 e. The van der Waals surface area contributed by atoms with Crippen molar-refractivity contribution in [3.63, 3.8) is 0 Å². The van der Waals surface area contributed by atoms with Crippen LogP contribution in [-0.2, 0) is 0 Å². The van der Waals surface area contributed by atoms with Crippen molar-refractivity contribution in [3.8, 4) is 0 Å². The van der Waals surface area contributed by atoms with Crippen molar-refractivity contribution in [3.05, 3.63) is 90.3 Å². The maximum atomic E-state index is 10.2. The minimum absolute atomic E-state index is 0. The fourth-order valence-electron chi connectivity index (χ4n) is 1.47. The van der Waals surface area contributed by atoms with Gasteiger partial charge >= 0.3 is 17.9 Å². The maximum absolute atomic E-state index is 10.2. The summed E-state index contributed by atoms with van der Waals surface area (Å²) in [6, 6.07) is 9.25. The van der Waals surface area contributed by atoms with Gasteiger partial charge in [0.25, 0.3) is 0 Å². The van der Waals surface area contributed by atoms with Gasteiger partial charge in [-0.05, 0) is 36.4 Å². The first kappa shape index (κ1) is 31.7. The Hall–Kier alpha value is -2.99. The molecule has 0 aliphatic rings. The van der Waals surface area contributed by atoms with Crippen LogP contribution in [0.15, 0.2) is 73.6 Å². The van der Waals surface area contributed by atoms with Gasteiger partial charge in [0.1, 0.15) is 0 Å². The monoisotopic (exact) mass is 574 g/mol. The van der Waals surface area contributed by atoms with Crippen LogP contribution in [0.3, 0.4) is 0 Å². The molecule has 0 amide bonds. The van der Waals surface area contributed by atoms with Gasteiger partial charge in [0.2, 0.25) is 0 Å². The van der Waals surface area contributed by atoms with Crippen LogP contribution in [-0.4, -0.2) is 59.1 Å². The van der Waals surface area contributed by atoms with Crippen molar-refractivity contribution < 1.29 is 77.5 Å². The molecule has 12 heteroatoms. The number of aromatic nitrogens is 3. The summed E-state index contributed by atoms with van der Waals surface area (Å²) in [5.41, 5.74) is 0.660. The van der Waals surface area contributed by atoms with Crippen LogP contribution in [0, 0.1) is 36.9 Å². The Morgan fingerprint density at radius 2 is 0.800 bits per heavy atom. The van der Waals surface area contributed by atoms with Crippen molar-refractivity contribution >= 4 is 17.9 Å². The number of hydrogen-bond donors (Lipinski definition) is 3. The molecule has 0 aromatic carbocycles. The molecule has 0 saturated carbocycles. The van der Waals surface area contributed by atoms with Gasteiger partial charge in [-0.25, -0.2) is 14.4 Å². The molecule has 3 aromatic rings.